The molecule has 4 aromatic rings. The van der Waals surface area contributed by atoms with Crippen LogP contribution in [0, 0.1) is 13.8 Å². The summed E-state index contributed by atoms with van der Waals surface area (Å²) in [6.45, 7) is 7.29. The fraction of sp³-hybridized carbons (Fsp3) is 0.286. The van der Waals surface area contributed by atoms with Crippen LogP contribution < -0.4 is 10.6 Å². The summed E-state index contributed by atoms with van der Waals surface area (Å²) in [6.07, 6.45) is 1.98. The van der Waals surface area contributed by atoms with E-state index in [4.69, 9.17) is 4.52 Å². The summed E-state index contributed by atoms with van der Waals surface area (Å²) in [5.74, 6) is 0.410. The molecule has 0 aliphatic rings. The van der Waals surface area contributed by atoms with Crippen LogP contribution in [0.5, 0.6) is 0 Å². The Balaban J connectivity index is 1.60. The Labute approximate surface area is 182 Å². The van der Waals surface area contributed by atoms with E-state index in [1.54, 1.807) is 6.92 Å². The molecule has 31 heavy (non-hydrogen) atoms. The molecule has 0 aliphatic heterocycles. The lowest BCUT2D eigenvalue weighted by Gasteiger charge is -2.23. The fourth-order valence-corrected chi connectivity index (χ4v) is 4.02. The molecule has 0 spiro atoms. The molecule has 3 N–H and O–H groups in total. The smallest absolute Gasteiger partial charge is 0.313 e. The van der Waals surface area contributed by atoms with Gasteiger partial charge < -0.3 is 20.3 Å². The number of thiazole rings is 1. The van der Waals surface area contributed by atoms with E-state index in [1.165, 1.54) is 17.7 Å². The molecule has 9 nitrogen and oxygen atoms in total. The summed E-state index contributed by atoms with van der Waals surface area (Å²) in [5, 5.41) is 20.7. The maximum atomic E-state index is 11.7. The molecule has 1 aromatic carbocycles. The van der Waals surface area contributed by atoms with E-state index in [1.807, 2.05) is 45.0 Å². The van der Waals surface area contributed by atoms with E-state index >= 15 is 0 Å². The van der Waals surface area contributed by atoms with Gasteiger partial charge in [-0.1, -0.05) is 35.5 Å². The van der Waals surface area contributed by atoms with Crippen molar-refractivity contribution in [3.63, 3.8) is 0 Å². The highest BCUT2D eigenvalue weighted by molar-refractivity contribution is 7.21. The number of hydrogen-bond acceptors (Lipinski definition) is 9. The number of anilines is 4. The van der Waals surface area contributed by atoms with Crippen LogP contribution in [0.3, 0.4) is 0 Å². The van der Waals surface area contributed by atoms with Gasteiger partial charge in [-0.25, -0.2) is 15.0 Å². The van der Waals surface area contributed by atoms with Gasteiger partial charge in [-0.05, 0) is 44.9 Å². The van der Waals surface area contributed by atoms with Crippen molar-refractivity contribution in [1.82, 2.24) is 20.1 Å². The minimum atomic E-state index is -0.922. The van der Waals surface area contributed by atoms with Crippen LogP contribution in [0.25, 0.3) is 10.3 Å². The normalized spacial score (nSPS) is 13.2. The fourth-order valence-electron chi connectivity index (χ4n) is 3.20. The lowest BCUT2D eigenvalue weighted by atomic mass is 9.80. The summed E-state index contributed by atoms with van der Waals surface area (Å²) in [5.41, 5.74) is 2.78. The second-order valence-corrected chi connectivity index (χ2v) is 8.39. The summed E-state index contributed by atoms with van der Waals surface area (Å²) in [6, 6.07) is 7.33. The van der Waals surface area contributed by atoms with Crippen LogP contribution in [0.4, 0.5) is 22.3 Å². The summed E-state index contributed by atoms with van der Waals surface area (Å²) < 4.78 is 5.19. The lowest BCUT2D eigenvalue weighted by molar-refractivity contribution is -0.143. The number of carbonyl (C=O) groups is 1. The Morgan fingerprint density at radius 1 is 1.19 bits per heavy atom. The van der Waals surface area contributed by atoms with Gasteiger partial charge in [0.2, 0.25) is 0 Å². The van der Waals surface area contributed by atoms with Crippen LogP contribution in [0.15, 0.2) is 35.1 Å². The minimum absolute atomic E-state index is 0.501. The number of nitrogens with zero attached hydrogens (tertiary/aromatic N) is 4. The van der Waals surface area contributed by atoms with Crippen molar-refractivity contribution in [2.24, 2.45) is 0 Å². The molecule has 0 saturated heterocycles. The van der Waals surface area contributed by atoms with Crippen LogP contribution in [0.2, 0.25) is 0 Å². The standard InChI is InChI=1S/C21H22N6O3S/c1-5-21(4,19(28)29)13-6-8-14(9-7-13)24-17-16-18(23-10-22-17)31-20(26-16)25-15-11(2)27-30-12(15)3/h6-10H,5H2,1-4H3,(H,25,26)(H,28,29)(H,22,23,24). The molecule has 3 aromatic heterocycles. The zero-order chi connectivity index (χ0) is 22.2. The maximum absolute atomic E-state index is 11.7. The van der Waals surface area contributed by atoms with E-state index in [9.17, 15) is 9.90 Å². The molecule has 0 bridgehead atoms. The molecular weight excluding hydrogens is 416 g/mol. The van der Waals surface area contributed by atoms with Gasteiger partial charge in [0.05, 0.1) is 5.41 Å². The Morgan fingerprint density at radius 3 is 2.55 bits per heavy atom. The third-order valence-corrected chi connectivity index (χ3v) is 6.30. The number of carboxylic acid groups (broad SMARTS) is 1. The second kappa shape index (κ2) is 7.95. The Bertz CT molecular complexity index is 1230. The highest BCUT2D eigenvalue weighted by atomic mass is 32.1. The lowest BCUT2D eigenvalue weighted by Crippen LogP contribution is -2.31. The third kappa shape index (κ3) is 3.81. The SMILES string of the molecule is CCC(C)(C(=O)O)c1ccc(Nc2ncnc3sc(Nc4c(C)noc4C)nc23)cc1. The van der Waals surface area contributed by atoms with Crippen LogP contribution in [-0.4, -0.2) is 31.2 Å². The van der Waals surface area contributed by atoms with E-state index in [0.29, 0.717) is 28.6 Å². The number of aromatic nitrogens is 4. The Morgan fingerprint density at radius 2 is 1.94 bits per heavy atom. The minimum Gasteiger partial charge on any atom is -0.481 e. The topological polar surface area (TPSA) is 126 Å². The van der Waals surface area contributed by atoms with Gasteiger partial charge in [0.15, 0.2) is 21.5 Å². The molecule has 1 atom stereocenters. The Hall–Kier alpha value is -3.53. The monoisotopic (exact) mass is 438 g/mol. The Kier molecular flexibility index (Phi) is 5.32. The zero-order valence-electron chi connectivity index (χ0n) is 17.6. The van der Waals surface area contributed by atoms with E-state index in [2.05, 4.69) is 30.7 Å². The van der Waals surface area contributed by atoms with Gasteiger partial charge in [-0.2, -0.15) is 0 Å². The summed E-state index contributed by atoms with van der Waals surface area (Å²) in [4.78, 5) is 25.7. The molecule has 0 radical (unpaired) electrons. The van der Waals surface area contributed by atoms with Crippen LogP contribution >= 0.6 is 11.3 Å². The number of hydrogen-bond donors (Lipinski definition) is 3. The number of carboxylic acids is 1. The summed E-state index contributed by atoms with van der Waals surface area (Å²) in [7, 11) is 0. The van der Waals surface area contributed by atoms with E-state index in [0.717, 1.165) is 27.5 Å². The first-order chi connectivity index (χ1) is 14.8. The molecule has 1 unspecified atom stereocenters. The van der Waals surface area contributed by atoms with Gasteiger partial charge in [-0.3, -0.25) is 4.79 Å². The second-order valence-electron chi connectivity index (χ2n) is 7.41. The van der Waals surface area contributed by atoms with Crippen molar-refractivity contribution < 1.29 is 14.4 Å². The van der Waals surface area contributed by atoms with Gasteiger partial charge in [0.1, 0.15) is 23.2 Å². The molecule has 160 valence electrons. The average molecular weight is 439 g/mol. The molecule has 10 heteroatoms. The van der Waals surface area contributed by atoms with Crippen molar-refractivity contribution in [1.29, 1.82) is 0 Å². The van der Waals surface area contributed by atoms with Gasteiger partial charge >= 0.3 is 5.97 Å². The quantitative estimate of drug-likeness (QED) is 0.368. The molecule has 0 saturated carbocycles. The summed E-state index contributed by atoms with van der Waals surface area (Å²) >= 11 is 1.40. The average Bonchev–Trinajstić information content (AvgIpc) is 3.32. The zero-order valence-corrected chi connectivity index (χ0v) is 18.4. The number of nitrogens with one attached hydrogen (secondary N) is 2. The highest BCUT2D eigenvalue weighted by Crippen LogP contribution is 2.33. The molecule has 0 fully saturated rings. The maximum Gasteiger partial charge on any atom is 0.313 e. The van der Waals surface area contributed by atoms with E-state index in [-0.39, 0.29) is 0 Å². The van der Waals surface area contributed by atoms with E-state index < -0.39 is 11.4 Å². The van der Waals surface area contributed by atoms with Gasteiger partial charge in [-0.15, -0.1) is 0 Å². The molecule has 4 rings (SSSR count). The highest BCUT2D eigenvalue weighted by Gasteiger charge is 2.33. The third-order valence-electron chi connectivity index (χ3n) is 5.42. The molecule has 3 heterocycles. The predicted octanol–water partition coefficient (Wildman–Crippen LogP) is 4.93. The first kappa shape index (κ1) is 20.7. The molecule has 0 amide bonds. The van der Waals surface area contributed by atoms with Crippen LogP contribution in [0.1, 0.15) is 37.3 Å². The van der Waals surface area contributed by atoms with Crippen LogP contribution in [-0.2, 0) is 10.2 Å². The largest absolute Gasteiger partial charge is 0.481 e. The number of aliphatic carboxylic acids is 1. The number of rotatable bonds is 7. The van der Waals surface area contributed by atoms with Crippen molar-refractivity contribution in [3.05, 3.63) is 47.6 Å². The number of benzene rings is 1. The first-order valence-corrected chi connectivity index (χ1v) is 10.6. The molecule has 0 aliphatic carbocycles. The van der Waals surface area contributed by atoms with Crippen molar-refractivity contribution in [2.45, 2.75) is 39.5 Å². The van der Waals surface area contributed by atoms with Crippen molar-refractivity contribution in [2.75, 3.05) is 10.6 Å². The van der Waals surface area contributed by atoms with Gasteiger partial charge in [0.25, 0.3) is 0 Å². The first-order valence-electron chi connectivity index (χ1n) is 9.74. The predicted molar refractivity (Wildman–Crippen MR) is 119 cm³/mol. The molecular formula is C21H22N6O3S. The van der Waals surface area contributed by atoms with Crippen molar-refractivity contribution in [3.8, 4) is 0 Å². The van der Waals surface area contributed by atoms with Gasteiger partial charge in [0, 0.05) is 5.69 Å². The van der Waals surface area contributed by atoms with Crippen molar-refractivity contribution >= 4 is 50.0 Å². The number of fused-ring (bicyclic) bond motifs is 1. The number of aryl methyl sites for hydroxylation is 2.